The predicted octanol–water partition coefficient (Wildman–Crippen LogP) is 2.87. The molecule has 1 aromatic carbocycles. The van der Waals surface area contributed by atoms with Crippen molar-refractivity contribution in [2.45, 2.75) is 49.6 Å². The van der Waals surface area contributed by atoms with Crippen LogP contribution in [0.4, 0.5) is 0 Å². The van der Waals surface area contributed by atoms with E-state index in [9.17, 15) is 8.42 Å². The molecule has 1 fully saturated rings. The van der Waals surface area contributed by atoms with E-state index in [1.54, 1.807) is 16.4 Å². The van der Waals surface area contributed by atoms with Gasteiger partial charge in [-0.2, -0.15) is 4.31 Å². The highest BCUT2D eigenvalue weighted by Gasteiger charge is 2.39. The van der Waals surface area contributed by atoms with Gasteiger partial charge >= 0.3 is 0 Å². The molecule has 3 rings (SSSR count). The largest absolute Gasteiger partial charge is 0.244 e. The molecule has 1 aromatic rings. The summed E-state index contributed by atoms with van der Waals surface area (Å²) in [5.74, 6) is 0. The molecule has 2 bridgehead atoms. The number of fused-ring (bicyclic) bond motifs is 2. The zero-order chi connectivity index (χ0) is 13.5. The number of nitrogens with zero attached hydrogens (tertiary/aromatic N) is 1. The summed E-state index contributed by atoms with van der Waals surface area (Å²) in [4.78, 5) is 0.415. The van der Waals surface area contributed by atoms with E-state index in [1.807, 2.05) is 19.1 Å². The Morgan fingerprint density at radius 2 is 1.53 bits per heavy atom. The van der Waals surface area contributed by atoms with E-state index >= 15 is 0 Å². The number of hydrogen-bond acceptors (Lipinski definition) is 2. The molecule has 0 spiro atoms. The Kier molecular flexibility index (Phi) is 3.23. The topological polar surface area (TPSA) is 37.4 Å². The van der Waals surface area contributed by atoms with Gasteiger partial charge in [0, 0.05) is 12.1 Å². The first-order valence-electron chi connectivity index (χ1n) is 6.87. The van der Waals surface area contributed by atoms with Crippen molar-refractivity contribution in [1.29, 1.82) is 0 Å². The summed E-state index contributed by atoms with van der Waals surface area (Å²) in [5, 5.41) is 0. The monoisotopic (exact) mass is 277 g/mol. The fourth-order valence-electron chi connectivity index (χ4n) is 3.01. The van der Waals surface area contributed by atoms with Crippen molar-refractivity contribution in [2.75, 3.05) is 0 Å². The molecule has 3 nitrogen and oxygen atoms in total. The molecular weight excluding hydrogens is 258 g/mol. The molecule has 0 saturated carbocycles. The Morgan fingerprint density at radius 1 is 1.00 bits per heavy atom. The molecule has 0 aromatic heterocycles. The van der Waals surface area contributed by atoms with E-state index < -0.39 is 10.0 Å². The minimum atomic E-state index is -3.37. The lowest BCUT2D eigenvalue weighted by atomic mass is 10.1. The van der Waals surface area contributed by atoms with Gasteiger partial charge in [0.1, 0.15) is 0 Å². The van der Waals surface area contributed by atoms with Crippen LogP contribution < -0.4 is 0 Å². The first kappa shape index (κ1) is 12.9. The molecule has 2 heterocycles. The molecule has 2 atom stereocenters. The van der Waals surface area contributed by atoms with E-state index in [0.717, 1.165) is 31.2 Å². The van der Waals surface area contributed by atoms with Crippen molar-refractivity contribution in [3.8, 4) is 0 Å². The molecule has 4 heteroatoms. The summed E-state index contributed by atoms with van der Waals surface area (Å²) < 4.78 is 27.3. The second-order valence-electron chi connectivity index (χ2n) is 5.45. The molecule has 1 saturated heterocycles. The van der Waals surface area contributed by atoms with Crippen LogP contribution in [0.25, 0.3) is 0 Å². The minimum Gasteiger partial charge on any atom is -0.207 e. The fourth-order valence-corrected chi connectivity index (χ4v) is 4.80. The van der Waals surface area contributed by atoms with Gasteiger partial charge in [-0.1, -0.05) is 42.7 Å². The van der Waals surface area contributed by atoms with Crippen molar-refractivity contribution >= 4 is 10.0 Å². The Morgan fingerprint density at radius 3 is 2.05 bits per heavy atom. The van der Waals surface area contributed by atoms with Crippen molar-refractivity contribution in [3.63, 3.8) is 0 Å². The molecule has 0 amide bonds. The van der Waals surface area contributed by atoms with Gasteiger partial charge in [0.25, 0.3) is 0 Å². The average molecular weight is 277 g/mol. The van der Waals surface area contributed by atoms with E-state index in [2.05, 4.69) is 12.2 Å². The summed E-state index contributed by atoms with van der Waals surface area (Å²) in [7, 11) is -3.37. The predicted molar refractivity (Wildman–Crippen MR) is 75.4 cm³/mol. The van der Waals surface area contributed by atoms with Crippen molar-refractivity contribution < 1.29 is 8.42 Å². The number of aryl methyl sites for hydroxylation is 1. The standard InChI is InChI=1S/C15H19NO2S/c1-12-6-10-15(11-7-12)19(17,18)16-13-4-2-3-5-14(16)9-8-13/h6-11,13-14H,2-5H2,1H3/t13-,14+. The summed E-state index contributed by atoms with van der Waals surface area (Å²) in [5.41, 5.74) is 1.08. The third kappa shape index (κ3) is 2.23. The van der Waals surface area contributed by atoms with Gasteiger partial charge in [-0.15, -0.1) is 0 Å². The van der Waals surface area contributed by atoms with Crippen LogP contribution in [-0.4, -0.2) is 24.8 Å². The molecule has 2 aliphatic rings. The van der Waals surface area contributed by atoms with Crippen molar-refractivity contribution in [2.24, 2.45) is 0 Å². The highest BCUT2D eigenvalue weighted by atomic mass is 32.2. The molecule has 19 heavy (non-hydrogen) atoms. The maximum absolute atomic E-state index is 12.8. The third-order valence-corrected chi connectivity index (χ3v) is 6.02. The maximum Gasteiger partial charge on any atom is 0.244 e. The molecule has 0 radical (unpaired) electrons. The molecule has 0 aliphatic carbocycles. The number of rotatable bonds is 2. The first-order valence-corrected chi connectivity index (χ1v) is 8.31. The smallest absolute Gasteiger partial charge is 0.207 e. The van der Waals surface area contributed by atoms with Gasteiger partial charge in [0.05, 0.1) is 4.90 Å². The highest BCUT2D eigenvalue weighted by molar-refractivity contribution is 7.89. The molecule has 0 N–H and O–H groups in total. The van der Waals surface area contributed by atoms with Gasteiger partial charge in [-0.05, 0) is 31.9 Å². The minimum absolute atomic E-state index is 0.0544. The Hall–Kier alpha value is -1.13. The van der Waals surface area contributed by atoms with Crippen molar-refractivity contribution in [1.82, 2.24) is 4.31 Å². The van der Waals surface area contributed by atoms with E-state index in [-0.39, 0.29) is 12.1 Å². The normalized spacial score (nSPS) is 27.4. The SMILES string of the molecule is Cc1ccc(S(=O)(=O)N2[C@@H]3C=C[C@H]2CCCC3)cc1. The van der Waals surface area contributed by atoms with Gasteiger partial charge in [-0.3, -0.25) is 0 Å². The van der Waals surface area contributed by atoms with Gasteiger partial charge < -0.3 is 0 Å². The third-order valence-electron chi connectivity index (χ3n) is 4.06. The molecule has 0 unspecified atom stereocenters. The van der Waals surface area contributed by atoms with Crippen LogP contribution in [0.3, 0.4) is 0 Å². The van der Waals surface area contributed by atoms with Crippen LogP contribution in [0.2, 0.25) is 0 Å². The number of benzene rings is 1. The lowest BCUT2D eigenvalue weighted by molar-refractivity contribution is 0.343. The average Bonchev–Trinajstić information content (AvgIpc) is 2.64. The van der Waals surface area contributed by atoms with Gasteiger partial charge in [0.2, 0.25) is 10.0 Å². The van der Waals surface area contributed by atoms with Crippen LogP contribution in [-0.2, 0) is 10.0 Å². The van der Waals surface area contributed by atoms with Crippen LogP contribution >= 0.6 is 0 Å². The fraction of sp³-hybridized carbons (Fsp3) is 0.467. The summed E-state index contributed by atoms with van der Waals surface area (Å²) in [6.07, 6.45) is 8.25. The second kappa shape index (κ2) is 4.76. The van der Waals surface area contributed by atoms with Crippen LogP contribution in [0.5, 0.6) is 0 Å². The highest BCUT2D eigenvalue weighted by Crippen LogP contribution is 2.34. The van der Waals surface area contributed by atoms with E-state index in [4.69, 9.17) is 0 Å². The lowest BCUT2D eigenvalue weighted by Crippen LogP contribution is -2.40. The number of hydrogen-bond donors (Lipinski definition) is 0. The Balaban J connectivity index is 1.98. The van der Waals surface area contributed by atoms with Gasteiger partial charge in [0.15, 0.2) is 0 Å². The van der Waals surface area contributed by atoms with Crippen molar-refractivity contribution in [3.05, 3.63) is 42.0 Å². The first-order chi connectivity index (χ1) is 9.09. The molecule has 102 valence electrons. The van der Waals surface area contributed by atoms with Crippen LogP contribution in [0.15, 0.2) is 41.3 Å². The van der Waals surface area contributed by atoms with Crippen LogP contribution in [0.1, 0.15) is 31.2 Å². The second-order valence-corrected chi connectivity index (χ2v) is 7.30. The Labute approximate surface area is 115 Å². The summed E-state index contributed by atoms with van der Waals surface area (Å²) in [6.45, 7) is 1.97. The molecular formula is C15H19NO2S. The lowest BCUT2D eigenvalue weighted by Gasteiger charge is -2.27. The molecule has 2 aliphatic heterocycles. The zero-order valence-electron chi connectivity index (χ0n) is 11.1. The zero-order valence-corrected chi connectivity index (χ0v) is 11.9. The Bertz CT molecular complexity index is 573. The summed E-state index contributed by atoms with van der Waals surface area (Å²) >= 11 is 0. The quantitative estimate of drug-likeness (QED) is 0.780. The number of sulfonamides is 1. The van der Waals surface area contributed by atoms with Crippen LogP contribution in [0, 0.1) is 6.92 Å². The van der Waals surface area contributed by atoms with E-state index in [0.29, 0.717) is 4.90 Å². The maximum atomic E-state index is 12.8. The van der Waals surface area contributed by atoms with E-state index in [1.165, 1.54) is 0 Å². The van der Waals surface area contributed by atoms with Gasteiger partial charge in [-0.25, -0.2) is 8.42 Å². The summed E-state index contributed by atoms with van der Waals surface area (Å²) in [6, 6.07) is 7.27.